The number of carbonyl (C=O) groups excluding carboxylic acids is 2. The molecule has 0 radical (unpaired) electrons. The highest BCUT2D eigenvalue weighted by Gasteiger charge is 2.70. The van der Waals surface area contributed by atoms with Gasteiger partial charge in [0.15, 0.2) is 0 Å². The molecule has 4 unspecified atom stereocenters. The summed E-state index contributed by atoms with van der Waals surface area (Å²) < 4.78 is 0. The van der Waals surface area contributed by atoms with Gasteiger partial charge >= 0.3 is 0 Å². The van der Waals surface area contributed by atoms with E-state index >= 15 is 0 Å². The quantitative estimate of drug-likeness (QED) is 0.807. The number of nitrogens with zero attached hydrogens (tertiary/aromatic N) is 1. The van der Waals surface area contributed by atoms with Crippen LogP contribution in [0.4, 0.5) is 0 Å². The maximum atomic E-state index is 13.1. The first-order valence-corrected chi connectivity index (χ1v) is 10.2. The number of amides is 2. The van der Waals surface area contributed by atoms with Crippen LogP contribution >= 0.6 is 0 Å². The molecule has 1 aliphatic heterocycles. The Morgan fingerprint density at radius 2 is 1.71 bits per heavy atom. The highest BCUT2D eigenvalue weighted by Crippen LogP contribution is 2.72. The van der Waals surface area contributed by atoms with E-state index in [9.17, 15) is 9.59 Å². The van der Waals surface area contributed by atoms with Gasteiger partial charge in [-0.2, -0.15) is 0 Å². The first kappa shape index (κ1) is 14.1. The van der Waals surface area contributed by atoms with Crippen LogP contribution in [0.5, 0.6) is 0 Å². The standard InChI is InChI=1S/C20H28N2O2/c23-10-22-3-1-2-18(22)19(24)21-20-9-12-5-14-13-4-11(7-16(14)20)8-17(20)15(13)6-12/h10-18H,1-9H2,(H,21,24)/t11?,12?,13?,14?,15?,16?,17?,18-,20?/m0/s1. The number of nitrogens with one attached hydrogen (secondary N) is 1. The third-order valence-corrected chi connectivity index (χ3v) is 9.16. The highest BCUT2D eigenvalue weighted by atomic mass is 16.2. The van der Waals surface area contributed by atoms with E-state index in [1.165, 1.54) is 38.5 Å². The van der Waals surface area contributed by atoms with Crippen LogP contribution in [0.25, 0.3) is 0 Å². The summed E-state index contributed by atoms with van der Waals surface area (Å²) in [6.07, 6.45) is 11.0. The van der Waals surface area contributed by atoms with E-state index in [1.54, 1.807) is 4.90 Å². The van der Waals surface area contributed by atoms with Gasteiger partial charge in [-0.15, -0.1) is 0 Å². The van der Waals surface area contributed by atoms with Gasteiger partial charge in [-0.1, -0.05) is 0 Å². The van der Waals surface area contributed by atoms with Gasteiger partial charge in [0.25, 0.3) is 0 Å². The van der Waals surface area contributed by atoms with Gasteiger partial charge in [-0.05, 0) is 92.8 Å². The van der Waals surface area contributed by atoms with Gasteiger partial charge in [0.2, 0.25) is 12.3 Å². The Balaban J connectivity index is 1.34. The zero-order valence-electron chi connectivity index (χ0n) is 14.3. The number of carbonyl (C=O) groups is 2. The van der Waals surface area contributed by atoms with Gasteiger partial charge in [-0.3, -0.25) is 9.59 Å². The van der Waals surface area contributed by atoms with Gasteiger partial charge < -0.3 is 10.2 Å². The molecule has 8 bridgehead atoms. The number of likely N-dealkylation sites (tertiary alicyclic amines) is 1. The Kier molecular flexibility index (Phi) is 2.69. The Morgan fingerprint density at radius 3 is 2.42 bits per heavy atom. The van der Waals surface area contributed by atoms with Crippen LogP contribution in [0.15, 0.2) is 0 Å². The molecule has 1 N–H and O–H groups in total. The summed E-state index contributed by atoms with van der Waals surface area (Å²) in [5.74, 6) is 6.19. The fourth-order valence-electron chi connectivity index (χ4n) is 8.70. The number of hydrogen-bond acceptors (Lipinski definition) is 2. The molecule has 1 heterocycles. The topological polar surface area (TPSA) is 49.4 Å². The highest BCUT2D eigenvalue weighted by molar-refractivity contribution is 5.85. The zero-order valence-corrected chi connectivity index (χ0v) is 14.3. The molecular weight excluding hydrogens is 300 g/mol. The minimum atomic E-state index is -0.203. The molecule has 7 saturated carbocycles. The lowest BCUT2D eigenvalue weighted by atomic mass is 9.33. The molecule has 0 aromatic carbocycles. The third kappa shape index (κ3) is 1.56. The van der Waals surface area contributed by atoms with Crippen LogP contribution in [-0.2, 0) is 9.59 Å². The van der Waals surface area contributed by atoms with Gasteiger partial charge in [0, 0.05) is 12.1 Å². The van der Waals surface area contributed by atoms with Crippen molar-refractivity contribution in [2.45, 2.75) is 62.9 Å². The van der Waals surface area contributed by atoms with E-state index in [1.807, 2.05) is 0 Å². The van der Waals surface area contributed by atoms with Crippen molar-refractivity contribution >= 4 is 12.3 Å². The van der Waals surface area contributed by atoms with Crippen LogP contribution in [0.1, 0.15) is 51.4 Å². The van der Waals surface area contributed by atoms with Crippen LogP contribution in [0.3, 0.4) is 0 Å². The molecule has 8 aliphatic rings. The molecule has 7 aliphatic carbocycles. The first-order chi connectivity index (χ1) is 11.7. The molecule has 4 heteroatoms. The van der Waals surface area contributed by atoms with E-state index in [0.29, 0.717) is 0 Å². The molecule has 4 nitrogen and oxygen atoms in total. The molecule has 130 valence electrons. The van der Waals surface area contributed by atoms with E-state index in [2.05, 4.69) is 5.32 Å². The van der Waals surface area contributed by atoms with Crippen molar-refractivity contribution in [3.05, 3.63) is 0 Å². The third-order valence-electron chi connectivity index (χ3n) is 9.16. The van der Waals surface area contributed by atoms with Crippen molar-refractivity contribution in [1.29, 1.82) is 0 Å². The predicted molar refractivity (Wildman–Crippen MR) is 88.8 cm³/mol. The summed E-state index contributed by atoms with van der Waals surface area (Å²) in [5.41, 5.74) is 0.0954. The zero-order chi connectivity index (χ0) is 16.1. The Hall–Kier alpha value is -1.06. The van der Waals surface area contributed by atoms with Crippen LogP contribution in [-0.4, -0.2) is 35.3 Å². The van der Waals surface area contributed by atoms with Crippen molar-refractivity contribution in [2.24, 2.45) is 41.4 Å². The molecule has 8 rings (SSSR count). The smallest absolute Gasteiger partial charge is 0.243 e. The molecule has 2 amide bonds. The molecule has 0 aromatic rings. The van der Waals surface area contributed by atoms with E-state index in [4.69, 9.17) is 0 Å². The van der Waals surface area contributed by atoms with Crippen molar-refractivity contribution in [2.75, 3.05) is 6.54 Å². The minimum Gasteiger partial charge on any atom is -0.348 e. The molecule has 24 heavy (non-hydrogen) atoms. The largest absolute Gasteiger partial charge is 0.348 e. The summed E-state index contributed by atoms with van der Waals surface area (Å²) in [4.78, 5) is 26.1. The summed E-state index contributed by atoms with van der Waals surface area (Å²) in [7, 11) is 0. The lowest BCUT2D eigenvalue weighted by molar-refractivity contribution is -0.226. The van der Waals surface area contributed by atoms with E-state index in [0.717, 1.165) is 67.2 Å². The second-order valence-corrected chi connectivity index (χ2v) is 9.85. The molecule has 1 saturated heterocycles. The average Bonchev–Trinajstić information content (AvgIpc) is 3.08. The predicted octanol–water partition coefficient (Wildman–Crippen LogP) is 2.18. The summed E-state index contributed by atoms with van der Waals surface area (Å²) in [6, 6.07) is -0.203. The number of hydrogen-bond donors (Lipinski definition) is 1. The van der Waals surface area contributed by atoms with Crippen LogP contribution < -0.4 is 5.32 Å². The molecule has 5 atom stereocenters. The van der Waals surface area contributed by atoms with Crippen molar-refractivity contribution in [1.82, 2.24) is 10.2 Å². The summed E-state index contributed by atoms with van der Waals surface area (Å²) >= 11 is 0. The normalized spacial score (nSPS) is 56.1. The Bertz CT molecular complexity index is 580. The van der Waals surface area contributed by atoms with Crippen LogP contribution in [0, 0.1) is 41.4 Å². The number of rotatable bonds is 3. The van der Waals surface area contributed by atoms with Gasteiger partial charge in [-0.25, -0.2) is 0 Å². The summed E-state index contributed by atoms with van der Waals surface area (Å²) in [5, 5.41) is 3.63. The van der Waals surface area contributed by atoms with Crippen molar-refractivity contribution in [3.8, 4) is 0 Å². The monoisotopic (exact) mass is 328 g/mol. The van der Waals surface area contributed by atoms with Gasteiger partial charge in [0.1, 0.15) is 6.04 Å². The Labute approximate surface area is 143 Å². The SMILES string of the molecule is O=CN1CCC[C@H]1C(=O)NC12CC3CC4C5CC(CC41)CC2C5C3. The summed E-state index contributed by atoms with van der Waals surface area (Å²) in [6.45, 7) is 0.749. The Morgan fingerprint density at radius 1 is 1.00 bits per heavy atom. The second kappa shape index (κ2) is 4.56. The molecule has 0 aromatic heterocycles. The van der Waals surface area contributed by atoms with E-state index < -0.39 is 0 Å². The van der Waals surface area contributed by atoms with E-state index in [-0.39, 0.29) is 17.5 Å². The van der Waals surface area contributed by atoms with Gasteiger partial charge in [0.05, 0.1) is 0 Å². The molecule has 8 fully saturated rings. The maximum absolute atomic E-state index is 13.1. The van der Waals surface area contributed by atoms with Crippen molar-refractivity contribution in [3.63, 3.8) is 0 Å². The fourth-order valence-corrected chi connectivity index (χ4v) is 8.70. The van der Waals surface area contributed by atoms with Crippen molar-refractivity contribution < 1.29 is 9.59 Å². The average molecular weight is 328 g/mol. The molecule has 0 spiro atoms. The fraction of sp³-hybridized carbons (Fsp3) is 0.900. The second-order valence-electron chi connectivity index (χ2n) is 9.85. The minimum absolute atomic E-state index is 0.0954. The van der Waals surface area contributed by atoms with Crippen LogP contribution in [0.2, 0.25) is 0 Å². The lowest BCUT2D eigenvalue weighted by Crippen LogP contribution is -2.77. The lowest BCUT2D eigenvalue weighted by Gasteiger charge is -2.74. The maximum Gasteiger partial charge on any atom is 0.243 e. The molecular formula is C20H28N2O2. The first-order valence-electron chi connectivity index (χ1n) is 10.2.